The lowest BCUT2D eigenvalue weighted by Gasteiger charge is -1.89. The molecule has 0 rings (SSSR count). The lowest BCUT2D eigenvalue weighted by molar-refractivity contribution is -0.114. The van der Waals surface area contributed by atoms with Crippen molar-refractivity contribution >= 4 is 17.9 Å². The van der Waals surface area contributed by atoms with E-state index >= 15 is 0 Å². The van der Waals surface area contributed by atoms with E-state index in [9.17, 15) is 4.79 Å². The summed E-state index contributed by atoms with van der Waals surface area (Å²) in [6, 6.07) is 0. The maximum Gasteiger partial charge on any atom is 0.261 e. The predicted octanol–water partition coefficient (Wildman–Crippen LogP) is 0.722. The van der Waals surface area contributed by atoms with Gasteiger partial charge in [-0.05, 0) is 0 Å². The van der Waals surface area contributed by atoms with Crippen molar-refractivity contribution in [2.24, 2.45) is 0 Å². The van der Waals surface area contributed by atoms with Gasteiger partial charge in [0.2, 0.25) is 0 Å². The third kappa shape index (κ3) is 3.53. The second-order valence-electron chi connectivity index (χ2n) is 1.02. The summed E-state index contributed by atoms with van der Waals surface area (Å²) in [6.07, 6.45) is 3.02. The molecular weight excluding hydrogens is 122 g/mol. The van der Waals surface area contributed by atoms with Gasteiger partial charge in [0.1, 0.15) is 0 Å². The Balaban J connectivity index is 3.49. The van der Waals surface area contributed by atoms with Crippen molar-refractivity contribution in [3.05, 3.63) is 18.4 Å². The lowest BCUT2D eigenvalue weighted by Crippen LogP contribution is -2.10. The highest BCUT2D eigenvalue weighted by atomic mass is 32.2. The fraction of sp³-hybridized carbons (Fsp3) is 0.200. The van der Waals surface area contributed by atoms with Crippen molar-refractivity contribution < 1.29 is 4.79 Å². The van der Waals surface area contributed by atoms with Gasteiger partial charge in [0.25, 0.3) is 5.91 Å². The molecular formula is C5H7NOS. The molecule has 0 saturated carbocycles. The highest BCUT2D eigenvalue weighted by Crippen LogP contribution is 1.80. The van der Waals surface area contributed by atoms with Crippen LogP contribution in [0.1, 0.15) is 0 Å². The van der Waals surface area contributed by atoms with E-state index in [0.29, 0.717) is 0 Å². The summed E-state index contributed by atoms with van der Waals surface area (Å²) in [5.41, 5.74) is 2.35. The molecule has 3 heteroatoms. The normalized spacial score (nSPS) is 7.12. The molecule has 0 aliphatic heterocycles. The van der Waals surface area contributed by atoms with E-state index in [1.165, 1.54) is 18.0 Å². The second kappa shape index (κ2) is 4.50. The fourth-order valence-corrected chi connectivity index (χ4v) is 0.483. The quantitative estimate of drug-likeness (QED) is 0.338. The molecule has 0 bridgehead atoms. The number of hydrogen-bond donors (Lipinski definition) is 1. The number of amides is 1. The van der Waals surface area contributed by atoms with Gasteiger partial charge in [-0.1, -0.05) is 18.5 Å². The van der Waals surface area contributed by atoms with E-state index in [-0.39, 0.29) is 5.91 Å². The highest BCUT2D eigenvalue weighted by molar-refractivity contribution is 7.97. The number of carbonyl (C=O) groups excluding carboxylic acids is 1. The first kappa shape index (κ1) is 7.34. The molecule has 1 N–H and O–H groups in total. The molecule has 0 aliphatic rings. The molecule has 0 fully saturated rings. The Hall–Kier alpha value is -0.660. The minimum absolute atomic E-state index is 0.174. The molecule has 0 radical (unpaired) electrons. The Bertz CT molecular complexity index is 126. The van der Waals surface area contributed by atoms with Gasteiger partial charge in [-0.3, -0.25) is 9.52 Å². The van der Waals surface area contributed by atoms with Crippen molar-refractivity contribution in [2.75, 3.05) is 6.26 Å². The molecule has 0 aromatic heterocycles. The molecule has 44 valence electrons. The smallest absolute Gasteiger partial charge is 0.261 e. The Kier molecular flexibility index (Phi) is 4.13. The van der Waals surface area contributed by atoms with E-state index in [1.807, 2.05) is 0 Å². The number of carbonyl (C=O) groups is 1. The minimum atomic E-state index is -0.174. The molecule has 0 saturated heterocycles. The SMILES string of the molecule is C=C=CC(=O)NSC. The molecule has 0 aromatic rings. The average Bonchev–Trinajstić information content (AvgIpc) is 1.68. The fourth-order valence-electron chi connectivity index (χ4n) is 0.223. The van der Waals surface area contributed by atoms with Crippen molar-refractivity contribution in [1.29, 1.82) is 0 Å². The maximum absolute atomic E-state index is 10.4. The summed E-state index contributed by atoms with van der Waals surface area (Å²) >= 11 is 1.25. The van der Waals surface area contributed by atoms with Crippen LogP contribution in [0.3, 0.4) is 0 Å². The molecule has 8 heavy (non-hydrogen) atoms. The third-order valence-corrected chi connectivity index (χ3v) is 0.841. The van der Waals surface area contributed by atoms with Crippen molar-refractivity contribution in [3.63, 3.8) is 0 Å². The number of nitrogens with one attached hydrogen (secondary N) is 1. The molecule has 0 heterocycles. The van der Waals surface area contributed by atoms with E-state index in [0.717, 1.165) is 0 Å². The predicted molar refractivity (Wildman–Crippen MR) is 35.4 cm³/mol. The summed E-state index contributed by atoms with van der Waals surface area (Å²) in [7, 11) is 0. The van der Waals surface area contributed by atoms with Crippen molar-refractivity contribution in [1.82, 2.24) is 4.72 Å². The number of rotatable bonds is 2. The van der Waals surface area contributed by atoms with Gasteiger partial charge >= 0.3 is 0 Å². The van der Waals surface area contributed by atoms with E-state index in [4.69, 9.17) is 0 Å². The Morgan fingerprint density at radius 2 is 2.62 bits per heavy atom. The molecule has 0 unspecified atom stereocenters. The first-order chi connectivity index (χ1) is 3.81. The molecule has 1 amide bonds. The number of hydrogen-bond acceptors (Lipinski definition) is 2. The zero-order valence-electron chi connectivity index (χ0n) is 4.60. The van der Waals surface area contributed by atoms with Crippen LogP contribution < -0.4 is 4.72 Å². The standard InChI is InChI=1S/C5H7NOS/c1-3-4-5(7)6-8-2/h4H,1H2,2H3,(H,6,7). The Morgan fingerprint density at radius 1 is 2.00 bits per heavy atom. The topological polar surface area (TPSA) is 29.1 Å². The summed E-state index contributed by atoms with van der Waals surface area (Å²) in [5, 5.41) is 0. The first-order valence-corrected chi connectivity index (χ1v) is 3.22. The van der Waals surface area contributed by atoms with Gasteiger partial charge in [0.15, 0.2) is 0 Å². The van der Waals surface area contributed by atoms with E-state index < -0.39 is 0 Å². The van der Waals surface area contributed by atoms with Crippen LogP contribution in [0.25, 0.3) is 0 Å². The molecule has 0 spiro atoms. The van der Waals surface area contributed by atoms with Crippen molar-refractivity contribution in [3.8, 4) is 0 Å². The van der Waals surface area contributed by atoms with Crippen LogP contribution in [-0.4, -0.2) is 12.2 Å². The summed E-state index contributed by atoms with van der Waals surface area (Å²) in [5.74, 6) is -0.174. The minimum Gasteiger partial charge on any atom is -0.296 e. The largest absolute Gasteiger partial charge is 0.296 e. The van der Waals surface area contributed by atoms with Gasteiger partial charge in [-0.25, -0.2) is 0 Å². The maximum atomic E-state index is 10.4. The first-order valence-electron chi connectivity index (χ1n) is 2.00. The van der Waals surface area contributed by atoms with E-state index in [1.54, 1.807) is 6.26 Å². The molecule has 0 aliphatic carbocycles. The molecule has 2 nitrogen and oxygen atoms in total. The van der Waals surface area contributed by atoms with Gasteiger partial charge in [0, 0.05) is 12.3 Å². The monoisotopic (exact) mass is 129 g/mol. The zero-order chi connectivity index (χ0) is 6.41. The Morgan fingerprint density at radius 3 is 3.00 bits per heavy atom. The second-order valence-corrected chi connectivity index (χ2v) is 1.63. The van der Waals surface area contributed by atoms with Gasteiger partial charge in [0.05, 0.1) is 0 Å². The van der Waals surface area contributed by atoms with Crippen LogP contribution in [0, 0.1) is 0 Å². The summed E-state index contributed by atoms with van der Waals surface area (Å²) in [4.78, 5) is 10.4. The van der Waals surface area contributed by atoms with E-state index in [2.05, 4.69) is 17.0 Å². The highest BCUT2D eigenvalue weighted by Gasteiger charge is 1.86. The van der Waals surface area contributed by atoms with Crippen LogP contribution in [0.5, 0.6) is 0 Å². The third-order valence-electron chi connectivity index (χ3n) is 0.436. The summed E-state index contributed by atoms with van der Waals surface area (Å²) in [6.45, 7) is 3.23. The summed E-state index contributed by atoms with van der Waals surface area (Å²) < 4.78 is 2.47. The van der Waals surface area contributed by atoms with Gasteiger partial charge < -0.3 is 0 Å². The molecule has 0 aromatic carbocycles. The molecule has 0 atom stereocenters. The lowest BCUT2D eigenvalue weighted by atomic mass is 10.6. The van der Waals surface area contributed by atoms with Crippen LogP contribution >= 0.6 is 11.9 Å². The average molecular weight is 129 g/mol. The van der Waals surface area contributed by atoms with Crippen LogP contribution in [-0.2, 0) is 4.79 Å². The van der Waals surface area contributed by atoms with Crippen LogP contribution in [0.4, 0.5) is 0 Å². The van der Waals surface area contributed by atoms with Crippen LogP contribution in [0.15, 0.2) is 18.4 Å². The van der Waals surface area contributed by atoms with Crippen molar-refractivity contribution in [2.45, 2.75) is 0 Å². The zero-order valence-corrected chi connectivity index (χ0v) is 5.42. The Labute approximate surface area is 52.8 Å². The van der Waals surface area contributed by atoms with Crippen LogP contribution in [0.2, 0.25) is 0 Å². The van der Waals surface area contributed by atoms with Gasteiger partial charge in [-0.15, -0.1) is 5.73 Å². The van der Waals surface area contributed by atoms with Gasteiger partial charge in [-0.2, -0.15) is 0 Å².